The number of anilines is 2. The molecule has 146 valence electrons. The van der Waals surface area contributed by atoms with Crippen LogP contribution in [0.4, 0.5) is 11.4 Å². The Bertz CT molecular complexity index is 925. The van der Waals surface area contributed by atoms with Gasteiger partial charge in [-0.05, 0) is 55.7 Å². The Kier molecular flexibility index (Phi) is 6.49. The van der Waals surface area contributed by atoms with Crippen LogP contribution in [0.5, 0.6) is 5.75 Å². The maximum Gasteiger partial charge on any atom is 0.248 e. The molecule has 0 bridgehead atoms. The van der Waals surface area contributed by atoms with Crippen molar-refractivity contribution in [3.8, 4) is 5.75 Å². The van der Waals surface area contributed by atoms with Crippen molar-refractivity contribution in [3.63, 3.8) is 0 Å². The van der Waals surface area contributed by atoms with Crippen LogP contribution in [0.15, 0.2) is 42.5 Å². The fourth-order valence-corrected chi connectivity index (χ4v) is 4.06. The van der Waals surface area contributed by atoms with E-state index in [1.807, 2.05) is 32.0 Å². The smallest absolute Gasteiger partial charge is 0.248 e. The minimum Gasteiger partial charge on any atom is -0.497 e. The molecule has 0 saturated heterocycles. The third kappa shape index (κ3) is 5.01. The Hall–Kier alpha value is -2.54. The van der Waals surface area contributed by atoms with Gasteiger partial charge in [0.1, 0.15) is 11.8 Å². The quantitative estimate of drug-likeness (QED) is 0.785. The fourth-order valence-electron chi connectivity index (χ4n) is 2.85. The van der Waals surface area contributed by atoms with Crippen molar-refractivity contribution in [2.75, 3.05) is 23.0 Å². The zero-order chi connectivity index (χ0) is 20.2. The Morgan fingerprint density at radius 3 is 2.41 bits per heavy atom. The summed E-state index contributed by atoms with van der Waals surface area (Å²) in [5.74, 6) is 0.138. The summed E-state index contributed by atoms with van der Waals surface area (Å²) in [6.45, 7) is 5.73. The van der Waals surface area contributed by atoms with Crippen molar-refractivity contribution in [3.05, 3.63) is 53.6 Å². The third-order valence-electron chi connectivity index (χ3n) is 4.41. The van der Waals surface area contributed by atoms with Gasteiger partial charge in [-0.1, -0.05) is 19.1 Å². The molecule has 0 heterocycles. The first-order valence-corrected chi connectivity index (χ1v) is 10.5. The number of sulfonamides is 1. The van der Waals surface area contributed by atoms with Crippen molar-refractivity contribution in [2.24, 2.45) is 0 Å². The number of rotatable bonds is 7. The normalized spacial score (nSPS) is 12.3. The molecule has 2 rings (SSSR count). The summed E-state index contributed by atoms with van der Waals surface area (Å²) < 4.78 is 31.3. The van der Waals surface area contributed by atoms with E-state index >= 15 is 0 Å². The predicted molar refractivity (Wildman–Crippen MR) is 109 cm³/mol. The summed E-state index contributed by atoms with van der Waals surface area (Å²) in [7, 11) is -2.18. The number of carbonyl (C=O) groups excluding carboxylic acids is 1. The van der Waals surface area contributed by atoms with E-state index in [1.54, 1.807) is 31.2 Å². The number of methoxy groups -OCH3 is 1. The molecule has 0 aliphatic heterocycles. The van der Waals surface area contributed by atoms with E-state index in [2.05, 4.69) is 5.32 Å². The molecule has 0 saturated carbocycles. The SMILES string of the molecule is CC[C@H](C(=O)Nc1ccc(C)c(C)c1)N(c1cccc(OC)c1)S(C)(=O)=O. The van der Waals surface area contributed by atoms with Crippen LogP contribution in [0.1, 0.15) is 24.5 Å². The van der Waals surface area contributed by atoms with E-state index in [-0.39, 0.29) is 5.91 Å². The molecule has 7 heteroatoms. The second-order valence-electron chi connectivity index (χ2n) is 6.47. The lowest BCUT2D eigenvalue weighted by Crippen LogP contribution is -2.47. The topological polar surface area (TPSA) is 75.7 Å². The zero-order valence-corrected chi connectivity index (χ0v) is 17.1. The van der Waals surface area contributed by atoms with Gasteiger partial charge in [0.05, 0.1) is 19.1 Å². The number of hydrogen-bond donors (Lipinski definition) is 1. The number of amides is 1. The number of ether oxygens (including phenoxy) is 1. The number of nitrogens with zero attached hydrogens (tertiary/aromatic N) is 1. The van der Waals surface area contributed by atoms with Crippen molar-refractivity contribution < 1.29 is 17.9 Å². The monoisotopic (exact) mass is 390 g/mol. The minimum atomic E-state index is -3.69. The number of hydrogen-bond acceptors (Lipinski definition) is 4. The van der Waals surface area contributed by atoms with E-state index in [0.29, 0.717) is 23.5 Å². The highest BCUT2D eigenvalue weighted by molar-refractivity contribution is 7.92. The lowest BCUT2D eigenvalue weighted by atomic mass is 10.1. The zero-order valence-electron chi connectivity index (χ0n) is 16.3. The van der Waals surface area contributed by atoms with Gasteiger partial charge in [-0.15, -0.1) is 0 Å². The molecule has 0 radical (unpaired) electrons. The van der Waals surface area contributed by atoms with Crippen LogP contribution in [-0.4, -0.2) is 33.7 Å². The lowest BCUT2D eigenvalue weighted by molar-refractivity contribution is -0.117. The highest BCUT2D eigenvalue weighted by Crippen LogP contribution is 2.27. The average Bonchev–Trinajstić information content (AvgIpc) is 2.61. The molecule has 2 aromatic rings. The van der Waals surface area contributed by atoms with Crippen LogP contribution < -0.4 is 14.4 Å². The highest BCUT2D eigenvalue weighted by atomic mass is 32.2. The van der Waals surface area contributed by atoms with E-state index in [1.165, 1.54) is 7.11 Å². The molecule has 1 amide bonds. The molecule has 0 unspecified atom stereocenters. The van der Waals surface area contributed by atoms with Crippen molar-refractivity contribution in [1.29, 1.82) is 0 Å². The van der Waals surface area contributed by atoms with Crippen LogP contribution in [0.25, 0.3) is 0 Å². The molecule has 2 aromatic carbocycles. The molecule has 0 aromatic heterocycles. The van der Waals surface area contributed by atoms with Crippen molar-refractivity contribution >= 4 is 27.3 Å². The average molecular weight is 391 g/mol. The molecule has 1 N–H and O–H groups in total. The van der Waals surface area contributed by atoms with Gasteiger partial charge in [0.25, 0.3) is 0 Å². The second kappa shape index (κ2) is 8.43. The Morgan fingerprint density at radius 2 is 1.85 bits per heavy atom. The van der Waals surface area contributed by atoms with Gasteiger partial charge in [-0.3, -0.25) is 9.10 Å². The minimum absolute atomic E-state index is 0.320. The van der Waals surface area contributed by atoms with Crippen LogP contribution in [0.3, 0.4) is 0 Å². The Morgan fingerprint density at radius 1 is 1.15 bits per heavy atom. The molecular formula is C20H26N2O4S. The van der Waals surface area contributed by atoms with Gasteiger partial charge in [0.15, 0.2) is 0 Å². The summed E-state index contributed by atoms with van der Waals surface area (Å²) >= 11 is 0. The van der Waals surface area contributed by atoms with Crippen molar-refractivity contribution in [2.45, 2.75) is 33.2 Å². The van der Waals surface area contributed by atoms with E-state index < -0.39 is 16.1 Å². The number of nitrogens with one attached hydrogen (secondary N) is 1. The fraction of sp³-hybridized carbons (Fsp3) is 0.350. The first-order valence-electron chi connectivity index (χ1n) is 8.69. The Labute approximate surface area is 161 Å². The molecule has 0 spiro atoms. The standard InChI is InChI=1S/C20H26N2O4S/c1-6-19(20(23)21-16-11-10-14(2)15(3)12-16)22(27(5,24)25)17-8-7-9-18(13-17)26-4/h7-13,19H,6H2,1-5H3,(H,21,23)/t19-/m1/s1. The largest absolute Gasteiger partial charge is 0.497 e. The van der Waals surface area contributed by atoms with Crippen molar-refractivity contribution in [1.82, 2.24) is 0 Å². The van der Waals surface area contributed by atoms with Gasteiger partial charge in [-0.2, -0.15) is 0 Å². The molecule has 1 atom stereocenters. The third-order valence-corrected chi connectivity index (χ3v) is 5.59. The van der Waals surface area contributed by atoms with Crippen LogP contribution >= 0.6 is 0 Å². The Balaban J connectivity index is 2.39. The van der Waals surface area contributed by atoms with Gasteiger partial charge in [0, 0.05) is 11.8 Å². The molecule has 27 heavy (non-hydrogen) atoms. The molecular weight excluding hydrogens is 364 g/mol. The lowest BCUT2D eigenvalue weighted by Gasteiger charge is -2.30. The number of carbonyl (C=O) groups is 1. The van der Waals surface area contributed by atoms with Gasteiger partial charge < -0.3 is 10.1 Å². The first-order chi connectivity index (χ1) is 12.7. The van der Waals surface area contributed by atoms with E-state index in [9.17, 15) is 13.2 Å². The van der Waals surface area contributed by atoms with E-state index in [4.69, 9.17) is 4.74 Å². The highest BCUT2D eigenvalue weighted by Gasteiger charge is 2.31. The summed E-state index contributed by atoms with van der Waals surface area (Å²) in [6.07, 6.45) is 1.42. The number of benzene rings is 2. The maximum absolute atomic E-state index is 12.9. The summed E-state index contributed by atoms with van der Waals surface area (Å²) in [5, 5.41) is 2.84. The molecule has 0 aliphatic carbocycles. The van der Waals surface area contributed by atoms with Gasteiger partial charge in [0.2, 0.25) is 15.9 Å². The molecule has 0 fully saturated rings. The summed E-state index contributed by atoms with van der Waals surface area (Å²) in [4.78, 5) is 12.9. The van der Waals surface area contributed by atoms with Gasteiger partial charge in [-0.25, -0.2) is 8.42 Å². The van der Waals surface area contributed by atoms with Crippen LogP contribution in [0.2, 0.25) is 0 Å². The first kappa shape index (κ1) is 20.8. The molecule has 6 nitrogen and oxygen atoms in total. The number of aryl methyl sites for hydroxylation is 2. The van der Waals surface area contributed by atoms with E-state index in [0.717, 1.165) is 21.7 Å². The predicted octanol–water partition coefficient (Wildman–Crippen LogP) is 3.50. The van der Waals surface area contributed by atoms with Crippen LogP contribution in [-0.2, 0) is 14.8 Å². The summed E-state index contributed by atoms with van der Waals surface area (Å²) in [5.41, 5.74) is 3.20. The maximum atomic E-state index is 12.9. The second-order valence-corrected chi connectivity index (χ2v) is 8.33. The van der Waals surface area contributed by atoms with Crippen LogP contribution in [0, 0.1) is 13.8 Å². The summed E-state index contributed by atoms with van der Waals surface area (Å²) in [6, 6.07) is 11.4. The molecule has 0 aliphatic rings. The van der Waals surface area contributed by atoms with Gasteiger partial charge >= 0.3 is 0 Å².